The molecule has 1 heterocycles. The highest BCUT2D eigenvalue weighted by molar-refractivity contribution is 6.31. The van der Waals surface area contributed by atoms with Crippen molar-refractivity contribution in [3.63, 3.8) is 0 Å². The summed E-state index contributed by atoms with van der Waals surface area (Å²) in [6.45, 7) is 23.9. The number of rotatable bonds is 11. The van der Waals surface area contributed by atoms with Crippen LogP contribution in [0.15, 0.2) is 93.8 Å². The van der Waals surface area contributed by atoms with Crippen molar-refractivity contribution in [3.8, 4) is 0 Å². The van der Waals surface area contributed by atoms with Gasteiger partial charge in [-0.2, -0.15) is 0 Å². The minimum absolute atomic E-state index is 0.0282. The van der Waals surface area contributed by atoms with E-state index in [-0.39, 0.29) is 18.0 Å². The van der Waals surface area contributed by atoms with Gasteiger partial charge in [0.05, 0.1) is 0 Å². The van der Waals surface area contributed by atoms with E-state index >= 15 is 0 Å². The first-order valence-corrected chi connectivity index (χ1v) is 17.3. The summed E-state index contributed by atoms with van der Waals surface area (Å²) in [5, 5.41) is 0.815. The summed E-state index contributed by atoms with van der Waals surface area (Å²) in [6, 6.07) is 6.80. The molecule has 0 N–H and O–H groups in total. The van der Waals surface area contributed by atoms with Crippen LogP contribution in [0.4, 0.5) is 9.18 Å². The second-order valence-corrected chi connectivity index (χ2v) is 13.2. The van der Waals surface area contributed by atoms with Crippen molar-refractivity contribution in [2.45, 2.75) is 113 Å². The number of carbonyl (C=O) groups excluding carboxylic acids is 1. The van der Waals surface area contributed by atoms with Gasteiger partial charge >= 0.3 is 6.09 Å². The molecular weight excluding hydrogens is 609 g/mol. The number of benzene rings is 1. The van der Waals surface area contributed by atoms with E-state index in [9.17, 15) is 9.18 Å². The Kier molecular flexibility index (Phi) is 19.0. The Balaban J connectivity index is 0.000000716. The van der Waals surface area contributed by atoms with Gasteiger partial charge in [-0.15, -0.1) is 0 Å². The third-order valence-corrected chi connectivity index (χ3v) is 7.68. The maximum Gasteiger partial charge on any atom is 0.410 e. The van der Waals surface area contributed by atoms with Crippen molar-refractivity contribution < 1.29 is 13.9 Å². The molecule has 0 aliphatic carbocycles. The van der Waals surface area contributed by atoms with E-state index in [0.29, 0.717) is 25.2 Å². The van der Waals surface area contributed by atoms with Gasteiger partial charge in [0.1, 0.15) is 11.4 Å². The maximum absolute atomic E-state index is 14.8. The van der Waals surface area contributed by atoms with Gasteiger partial charge in [0, 0.05) is 59.5 Å². The lowest BCUT2D eigenvalue weighted by molar-refractivity contribution is 0.00495. The molecule has 1 saturated heterocycles. The van der Waals surface area contributed by atoms with Gasteiger partial charge in [-0.3, -0.25) is 4.99 Å². The lowest BCUT2D eigenvalue weighted by Gasteiger charge is -2.42. The molecule has 1 aliphatic rings. The molecule has 0 spiro atoms. The first-order chi connectivity index (χ1) is 22.2. The average Bonchev–Trinajstić information content (AvgIpc) is 2.99. The first kappa shape index (κ1) is 41.6. The van der Waals surface area contributed by atoms with Gasteiger partial charge in [-0.05, 0) is 98.4 Å². The molecule has 0 saturated carbocycles. The van der Waals surface area contributed by atoms with E-state index in [0.717, 1.165) is 46.8 Å². The minimum atomic E-state index is -0.531. The lowest BCUT2D eigenvalue weighted by Crippen LogP contribution is -2.54. The molecule has 7 heteroatoms. The van der Waals surface area contributed by atoms with E-state index in [1.807, 2.05) is 78.0 Å². The molecule has 0 radical (unpaired) electrons. The Labute approximate surface area is 290 Å². The number of piperazine rings is 1. The molecule has 47 heavy (non-hydrogen) atoms. The SMILES string of the molecule is CC/C=C/C=C(Cl)\C=C(/C)CCC.C\C=C(C(/C(C)=N/C=C/CC)=C(/C)N1CCN(C(=O)OC(C)(C)C)C(C)C1)\c1ccccc1F. The summed E-state index contributed by atoms with van der Waals surface area (Å²) in [5.41, 5.74) is 4.91. The van der Waals surface area contributed by atoms with Gasteiger partial charge < -0.3 is 14.5 Å². The van der Waals surface area contributed by atoms with Gasteiger partial charge in [0.15, 0.2) is 0 Å². The van der Waals surface area contributed by atoms with Gasteiger partial charge in [0.25, 0.3) is 0 Å². The van der Waals surface area contributed by atoms with E-state index in [1.54, 1.807) is 23.2 Å². The van der Waals surface area contributed by atoms with Crippen LogP contribution in [0.2, 0.25) is 0 Å². The number of nitrogens with zero attached hydrogens (tertiary/aromatic N) is 3. The minimum Gasteiger partial charge on any atom is -0.444 e. The predicted molar refractivity (Wildman–Crippen MR) is 201 cm³/mol. The standard InChI is InChI=1S/C28H40FN3O2.C12H19Cl/c1-9-11-16-30-21(4)26(23(10-2)24-14-12-13-15-25(24)29)22(5)31-17-18-32(20(3)19-31)27(33)34-28(6,7)8;1-4-6-7-9-12(13)10-11(3)8-5-2/h10-16,20H,9,17-19H2,1-8H3;6-7,9-10H,4-5,8H2,1-3H3/b16-11+,23-10-,26-22-,30-21+;7-6+,11-10+,12-9+. The Morgan fingerprint density at radius 2 is 1.74 bits per heavy atom. The smallest absolute Gasteiger partial charge is 0.410 e. The molecule has 5 nitrogen and oxygen atoms in total. The van der Waals surface area contributed by atoms with Crippen LogP contribution in [0.25, 0.3) is 5.57 Å². The number of halogens is 2. The Hall–Kier alpha value is -3.38. The molecular formula is C40H59ClFN3O2. The average molecular weight is 668 g/mol. The Morgan fingerprint density at radius 3 is 2.30 bits per heavy atom. The number of amides is 1. The van der Waals surface area contributed by atoms with Gasteiger partial charge in [-0.25, -0.2) is 9.18 Å². The van der Waals surface area contributed by atoms with Crippen LogP contribution >= 0.6 is 11.6 Å². The third-order valence-electron chi connectivity index (χ3n) is 7.44. The molecule has 2 rings (SSSR count). The first-order valence-electron chi connectivity index (χ1n) is 17.0. The van der Waals surface area contributed by atoms with Crippen LogP contribution < -0.4 is 0 Å². The van der Waals surface area contributed by atoms with Crippen molar-refractivity contribution in [2.75, 3.05) is 19.6 Å². The zero-order valence-electron chi connectivity index (χ0n) is 30.8. The molecule has 1 atom stereocenters. The fraction of sp³-hybridized carbons (Fsp3) is 0.500. The van der Waals surface area contributed by atoms with Gasteiger partial charge in [-0.1, -0.05) is 86.9 Å². The zero-order chi connectivity index (χ0) is 35.6. The molecule has 1 aromatic carbocycles. The number of aliphatic imine (C=N–C) groups is 1. The van der Waals surface area contributed by atoms with Crippen LogP contribution in [-0.2, 0) is 4.74 Å². The summed E-state index contributed by atoms with van der Waals surface area (Å²) in [5.74, 6) is -0.263. The normalized spacial score (nSPS) is 17.6. The van der Waals surface area contributed by atoms with Crippen LogP contribution in [0.5, 0.6) is 0 Å². The molecule has 1 aliphatic heterocycles. The summed E-state index contributed by atoms with van der Waals surface area (Å²) >= 11 is 5.98. The molecule has 1 fully saturated rings. The maximum atomic E-state index is 14.8. The quantitative estimate of drug-likeness (QED) is 0.174. The zero-order valence-corrected chi connectivity index (χ0v) is 31.5. The number of allylic oxidation sites excluding steroid dienone is 11. The molecule has 1 aromatic rings. The highest BCUT2D eigenvalue weighted by Crippen LogP contribution is 2.31. The van der Waals surface area contributed by atoms with Crippen LogP contribution in [0.1, 0.15) is 107 Å². The Morgan fingerprint density at radius 1 is 1.09 bits per heavy atom. The second-order valence-electron chi connectivity index (χ2n) is 12.7. The van der Waals surface area contributed by atoms with Crippen molar-refractivity contribution in [1.82, 2.24) is 9.80 Å². The van der Waals surface area contributed by atoms with Crippen molar-refractivity contribution in [3.05, 3.63) is 100 Å². The summed E-state index contributed by atoms with van der Waals surface area (Å²) in [6.07, 6.45) is 17.8. The molecule has 0 bridgehead atoms. The van der Waals surface area contributed by atoms with E-state index in [1.165, 1.54) is 18.1 Å². The third kappa shape index (κ3) is 14.9. The molecule has 0 aromatic heterocycles. The molecule has 260 valence electrons. The molecule has 1 amide bonds. The van der Waals surface area contributed by atoms with Crippen LogP contribution in [0, 0.1) is 5.82 Å². The second kappa shape index (κ2) is 21.5. The largest absolute Gasteiger partial charge is 0.444 e. The van der Waals surface area contributed by atoms with Crippen molar-refractivity contribution >= 4 is 29.0 Å². The van der Waals surface area contributed by atoms with E-state index in [4.69, 9.17) is 16.3 Å². The fourth-order valence-electron chi connectivity index (χ4n) is 5.16. The molecule has 1 unspecified atom stereocenters. The monoisotopic (exact) mass is 667 g/mol. The van der Waals surface area contributed by atoms with Crippen molar-refractivity contribution in [2.24, 2.45) is 4.99 Å². The van der Waals surface area contributed by atoms with Crippen LogP contribution in [0.3, 0.4) is 0 Å². The highest BCUT2D eigenvalue weighted by atomic mass is 35.5. The summed E-state index contributed by atoms with van der Waals surface area (Å²) in [4.78, 5) is 21.4. The van der Waals surface area contributed by atoms with E-state index in [2.05, 4.69) is 50.6 Å². The topological polar surface area (TPSA) is 45.1 Å². The number of hydrogen-bond donors (Lipinski definition) is 0. The summed E-state index contributed by atoms with van der Waals surface area (Å²) in [7, 11) is 0. The highest BCUT2D eigenvalue weighted by Gasteiger charge is 2.32. The summed E-state index contributed by atoms with van der Waals surface area (Å²) < 4.78 is 20.4. The van der Waals surface area contributed by atoms with E-state index < -0.39 is 5.60 Å². The fourth-order valence-corrected chi connectivity index (χ4v) is 5.42. The van der Waals surface area contributed by atoms with Crippen molar-refractivity contribution in [1.29, 1.82) is 0 Å². The Bertz CT molecular complexity index is 1360. The number of ether oxygens (including phenoxy) is 1. The van der Waals surface area contributed by atoms with Crippen LogP contribution in [-0.4, -0.2) is 52.9 Å². The number of carbonyl (C=O) groups is 1. The van der Waals surface area contributed by atoms with Gasteiger partial charge in [0.2, 0.25) is 0 Å². The lowest BCUT2D eigenvalue weighted by atomic mass is 9.92. The predicted octanol–water partition coefficient (Wildman–Crippen LogP) is 11.7. The number of hydrogen-bond acceptors (Lipinski definition) is 4.